The van der Waals surface area contributed by atoms with E-state index in [-0.39, 0.29) is 22.7 Å². The van der Waals surface area contributed by atoms with E-state index in [2.05, 4.69) is 22.1 Å². The van der Waals surface area contributed by atoms with Crippen molar-refractivity contribution in [3.63, 3.8) is 0 Å². The Morgan fingerprint density at radius 2 is 2.26 bits per heavy atom. The molecule has 0 spiro atoms. The van der Waals surface area contributed by atoms with Gasteiger partial charge in [-0.15, -0.1) is 0 Å². The molecule has 1 N–H and O–H groups in total. The predicted molar refractivity (Wildman–Crippen MR) is 71.8 cm³/mol. The second-order valence-corrected chi connectivity index (χ2v) is 5.03. The molecule has 1 aliphatic heterocycles. The summed E-state index contributed by atoms with van der Waals surface area (Å²) in [5, 5.41) is 2.92. The van der Waals surface area contributed by atoms with Gasteiger partial charge in [0, 0.05) is 19.1 Å². The van der Waals surface area contributed by atoms with Crippen LogP contribution < -0.4 is 5.32 Å². The second-order valence-electron chi connectivity index (χ2n) is 4.67. The molecule has 1 aromatic heterocycles. The van der Waals surface area contributed by atoms with Crippen molar-refractivity contribution in [2.75, 3.05) is 19.6 Å². The SMILES string of the molecule is CCN1CCC(NC(=O)c2cc(F)cnc2Cl)CC1. The Morgan fingerprint density at radius 3 is 2.89 bits per heavy atom. The molecule has 2 heterocycles. The van der Waals surface area contributed by atoms with E-state index >= 15 is 0 Å². The summed E-state index contributed by atoms with van der Waals surface area (Å²) in [6.07, 6.45) is 2.80. The number of nitrogens with one attached hydrogen (secondary N) is 1. The maximum Gasteiger partial charge on any atom is 0.254 e. The van der Waals surface area contributed by atoms with Crippen LogP contribution in [-0.2, 0) is 0 Å². The average molecular weight is 286 g/mol. The van der Waals surface area contributed by atoms with Gasteiger partial charge in [-0.1, -0.05) is 18.5 Å². The summed E-state index contributed by atoms with van der Waals surface area (Å²) in [6, 6.07) is 1.24. The molecule has 2 rings (SSSR count). The zero-order valence-corrected chi connectivity index (χ0v) is 11.6. The monoisotopic (exact) mass is 285 g/mol. The summed E-state index contributed by atoms with van der Waals surface area (Å²) in [6.45, 7) is 5.09. The van der Waals surface area contributed by atoms with Gasteiger partial charge in [0.05, 0.1) is 11.8 Å². The van der Waals surface area contributed by atoms with Gasteiger partial charge in [0.1, 0.15) is 11.0 Å². The molecule has 6 heteroatoms. The molecule has 0 bridgehead atoms. The summed E-state index contributed by atoms with van der Waals surface area (Å²) in [5.41, 5.74) is 0.0968. The van der Waals surface area contributed by atoms with Gasteiger partial charge in [0.2, 0.25) is 0 Å². The lowest BCUT2D eigenvalue weighted by Crippen LogP contribution is -2.44. The van der Waals surface area contributed by atoms with Crippen molar-refractivity contribution >= 4 is 17.5 Å². The van der Waals surface area contributed by atoms with E-state index in [1.54, 1.807) is 0 Å². The first kappa shape index (κ1) is 14.2. The van der Waals surface area contributed by atoms with Crippen molar-refractivity contribution in [2.45, 2.75) is 25.8 Å². The Kier molecular flexibility index (Phi) is 4.71. The van der Waals surface area contributed by atoms with Gasteiger partial charge >= 0.3 is 0 Å². The first-order valence-corrected chi connectivity index (χ1v) is 6.82. The Hall–Kier alpha value is -1.20. The van der Waals surface area contributed by atoms with Crippen LogP contribution in [0.3, 0.4) is 0 Å². The van der Waals surface area contributed by atoms with Crippen LogP contribution in [0.2, 0.25) is 5.15 Å². The second kappa shape index (κ2) is 6.30. The van der Waals surface area contributed by atoms with Crippen LogP contribution in [0.5, 0.6) is 0 Å². The van der Waals surface area contributed by atoms with Crippen LogP contribution in [-0.4, -0.2) is 41.5 Å². The minimum Gasteiger partial charge on any atom is -0.349 e. The summed E-state index contributed by atoms with van der Waals surface area (Å²) >= 11 is 5.81. The third-order valence-electron chi connectivity index (χ3n) is 3.42. The van der Waals surface area contributed by atoms with Crippen molar-refractivity contribution in [3.05, 3.63) is 28.8 Å². The Morgan fingerprint density at radius 1 is 1.58 bits per heavy atom. The highest BCUT2D eigenvalue weighted by Crippen LogP contribution is 2.15. The molecule has 104 valence electrons. The molecular formula is C13H17ClFN3O. The van der Waals surface area contributed by atoms with Crippen molar-refractivity contribution < 1.29 is 9.18 Å². The van der Waals surface area contributed by atoms with Crippen LogP contribution in [0.25, 0.3) is 0 Å². The van der Waals surface area contributed by atoms with Crippen LogP contribution in [0, 0.1) is 5.82 Å². The number of hydrogen-bond donors (Lipinski definition) is 1. The number of rotatable bonds is 3. The molecule has 1 saturated heterocycles. The Bertz CT molecular complexity index is 461. The van der Waals surface area contributed by atoms with Gasteiger partial charge in [-0.2, -0.15) is 0 Å². The van der Waals surface area contributed by atoms with Crippen LogP contribution in [0.15, 0.2) is 12.3 Å². The van der Waals surface area contributed by atoms with E-state index in [0.717, 1.165) is 44.7 Å². The molecule has 1 fully saturated rings. The lowest BCUT2D eigenvalue weighted by Gasteiger charge is -2.31. The number of hydrogen-bond acceptors (Lipinski definition) is 3. The van der Waals surface area contributed by atoms with Gasteiger partial charge < -0.3 is 10.2 Å². The average Bonchev–Trinajstić information content (AvgIpc) is 2.42. The quantitative estimate of drug-likeness (QED) is 0.865. The standard InChI is InChI=1S/C13H17ClFN3O/c1-2-18-5-3-10(4-6-18)17-13(19)11-7-9(15)8-16-12(11)14/h7-8,10H,2-6H2,1H3,(H,17,19). The van der Waals surface area contributed by atoms with E-state index in [0.29, 0.717) is 0 Å². The topological polar surface area (TPSA) is 45.2 Å². The molecule has 0 unspecified atom stereocenters. The zero-order chi connectivity index (χ0) is 13.8. The van der Waals surface area contributed by atoms with E-state index in [9.17, 15) is 9.18 Å². The van der Waals surface area contributed by atoms with Crippen LogP contribution >= 0.6 is 11.6 Å². The number of nitrogens with zero attached hydrogens (tertiary/aromatic N) is 2. The molecule has 0 radical (unpaired) electrons. The Labute approximate surface area is 117 Å². The third kappa shape index (κ3) is 3.64. The van der Waals surface area contributed by atoms with Crippen molar-refractivity contribution in [2.24, 2.45) is 0 Å². The highest BCUT2D eigenvalue weighted by Gasteiger charge is 2.21. The molecule has 0 aliphatic carbocycles. The van der Waals surface area contributed by atoms with E-state index < -0.39 is 5.82 Å². The van der Waals surface area contributed by atoms with Gasteiger partial charge in [0.15, 0.2) is 0 Å². The van der Waals surface area contributed by atoms with Crippen molar-refractivity contribution in [3.8, 4) is 0 Å². The summed E-state index contributed by atoms with van der Waals surface area (Å²) < 4.78 is 13.1. The molecule has 0 atom stereocenters. The number of likely N-dealkylation sites (tertiary alicyclic amines) is 1. The van der Waals surface area contributed by atoms with E-state index in [4.69, 9.17) is 11.6 Å². The molecule has 19 heavy (non-hydrogen) atoms. The van der Waals surface area contributed by atoms with Gasteiger partial charge in [0.25, 0.3) is 5.91 Å². The number of halogens is 2. The molecule has 1 aromatic rings. The van der Waals surface area contributed by atoms with Gasteiger partial charge in [-0.25, -0.2) is 9.37 Å². The van der Waals surface area contributed by atoms with Crippen molar-refractivity contribution in [1.82, 2.24) is 15.2 Å². The maximum absolute atomic E-state index is 13.1. The van der Waals surface area contributed by atoms with E-state index in [1.165, 1.54) is 0 Å². The third-order valence-corrected chi connectivity index (χ3v) is 3.72. The van der Waals surface area contributed by atoms with Gasteiger partial charge in [-0.3, -0.25) is 4.79 Å². The highest BCUT2D eigenvalue weighted by atomic mass is 35.5. The number of piperidine rings is 1. The first-order valence-electron chi connectivity index (χ1n) is 6.44. The first-order chi connectivity index (χ1) is 9.10. The lowest BCUT2D eigenvalue weighted by molar-refractivity contribution is 0.0912. The number of carbonyl (C=O) groups excluding carboxylic acids is 1. The van der Waals surface area contributed by atoms with Crippen LogP contribution in [0.1, 0.15) is 30.1 Å². The molecule has 4 nitrogen and oxygen atoms in total. The number of carbonyl (C=O) groups is 1. The molecular weight excluding hydrogens is 269 g/mol. The molecule has 1 amide bonds. The minimum atomic E-state index is -0.560. The number of pyridine rings is 1. The summed E-state index contributed by atoms with van der Waals surface area (Å²) in [7, 11) is 0. The normalized spacial score (nSPS) is 17.4. The lowest BCUT2D eigenvalue weighted by atomic mass is 10.0. The summed E-state index contributed by atoms with van der Waals surface area (Å²) in [4.78, 5) is 18.0. The van der Waals surface area contributed by atoms with Crippen molar-refractivity contribution in [1.29, 1.82) is 0 Å². The van der Waals surface area contributed by atoms with Gasteiger partial charge in [-0.05, 0) is 25.5 Å². The largest absolute Gasteiger partial charge is 0.349 e. The smallest absolute Gasteiger partial charge is 0.254 e. The molecule has 0 saturated carbocycles. The fourth-order valence-corrected chi connectivity index (χ4v) is 2.43. The Balaban J connectivity index is 1.96. The summed E-state index contributed by atoms with van der Waals surface area (Å²) in [5.74, 6) is -0.915. The number of amides is 1. The van der Waals surface area contributed by atoms with Crippen LogP contribution in [0.4, 0.5) is 4.39 Å². The minimum absolute atomic E-state index is 0.0323. The molecule has 0 aromatic carbocycles. The molecule has 1 aliphatic rings. The maximum atomic E-state index is 13.1. The fraction of sp³-hybridized carbons (Fsp3) is 0.538. The zero-order valence-electron chi connectivity index (χ0n) is 10.8. The highest BCUT2D eigenvalue weighted by molar-refractivity contribution is 6.32. The van der Waals surface area contributed by atoms with E-state index in [1.807, 2.05) is 0 Å². The predicted octanol–water partition coefficient (Wildman–Crippen LogP) is 2.09. The number of aromatic nitrogens is 1. The fourth-order valence-electron chi connectivity index (χ4n) is 2.24.